The second-order valence-electron chi connectivity index (χ2n) is 4.22. The van der Waals surface area contributed by atoms with Gasteiger partial charge in [0.15, 0.2) is 5.75 Å². The SMILES string of the molecule is CN(C)/C=N/c1ccc(Oc2c(Cl)cccc2Cl)nc1. The molecule has 0 aliphatic heterocycles. The molecule has 20 heavy (non-hydrogen) atoms. The van der Waals surface area contributed by atoms with Crippen LogP contribution in [0.1, 0.15) is 0 Å². The lowest BCUT2D eigenvalue weighted by Crippen LogP contribution is -2.06. The normalized spacial score (nSPS) is 10.8. The molecule has 0 saturated heterocycles. The molecule has 2 aromatic rings. The van der Waals surface area contributed by atoms with Crippen LogP contribution in [0.15, 0.2) is 41.5 Å². The molecular formula is C14H13Cl2N3O. The zero-order valence-corrected chi connectivity index (χ0v) is 12.6. The van der Waals surface area contributed by atoms with Gasteiger partial charge in [-0.2, -0.15) is 0 Å². The maximum absolute atomic E-state index is 6.03. The van der Waals surface area contributed by atoms with Gasteiger partial charge < -0.3 is 9.64 Å². The zero-order chi connectivity index (χ0) is 14.5. The van der Waals surface area contributed by atoms with Crippen molar-refractivity contribution in [1.29, 1.82) is 0 Å². The number of ether oxygens (including phenoxy) is 1. The second-order valence-corrected chi connectivity index (χ2v) is 5.03. The Labute approximate surface area is 127 Å². The summed E-state index contributed by atoms with van der Waals surface area (Å²) in [6.07, 6.45) is 3.31. The van der Waals surface area contributed by atoms with Crippen LogP contribution >= 0.6 is 23.2 Å². The molecular weight excluding hydrogens is 297 g/mol. The van der Waals surface area contributed by atoms with E-state index in [1.807, 2.05) is 19.0 Å². The standard InChI is InChI=1S/C14H13Cl2N3O/c1-19(2)9-18-10-6-7-13(17-8-10)20-14-11(15)4-3-5-12(14)16/h3-9H,1-2H3/b18-9+. The molecule has 0 radical (unpaired) electrons. The summed E-state index contributed by atoms with van der Waals surface area (Å²) in [6.45, 7) is 0. The van der Waals surface area contributed by atoms with Crippen LogP contribution in [-0.2, 0) is 0 Å². The molecule has 0 spiro atoms. The quantitative estimate of drug-likeness (QED) is 0.620. The Bertz CT molecular complexity index is 592. The molecule has 0 bridgehead atoms. The Morgan fingerprint density at radius 3 is 2.40 bits per heavy atom. The minimum Gasteiger partial charge on any atom is -0.436 e. The van der Waals surface area contributed by atoms with Gasteiger partial charge in [0.25, 0.3) is 0 Å². The number of rotatable bonds is 4. The van der Waals surface area contributed by atoms with E-state index in [4.69, 9.17) is 27.9 Å². The summed E-state index contributed by atoms with van der Waals surface area (Å²) in [5.41, 5.74) is 0.733. The molecule has 1 aromatic carbocycles. The molecule has 0 saturated carbocycles. The summed E-state index contributed by atoms with van der Waals surface area (Å²) < 4.78 is 5.58. The summed E-state index contributed by atoms with van der Waals surface area (Å²) >= 11 is 12.1. The zero-order valence-electron chi connectivity index (χ0n) is 11.0. The van der Waals surface area contributed by atoms with E-state index < -0.39 is 0 Å². The minimum absolute atomic E-state index is 0.396. The van der Waals surface area contributed by atoms with Crippen LogP contribution in [0.25, 0.3) is 0 Å². The van der Waals surface area contributed by atoms with Gasteiger partial charge in [-0.05, 0) is 18.2 Å². The van der Waals surface area contributed by atoms with E-state index in [9.17, 15) is 0 Å². The van der Waals surface area contributed by atoms with Gasteiger partial charge in [-0.1, -0.05) is 29.3 Å². The highest BCUT2D eigenvalue weighted by Crippen LogP contribution is 2.35. The summed E-state index contributed by atoms with van der Waals surface area (Å²) in [5.74, 6) is 0.802. The van der Waals surface area contributed by atoms with E-state index in [1.165, 1.54) is 0 Å². The van der Waals surface area contributed by atoms with Crippen molar-refractivity contribution in [2.24, 2.45) is 4.99 Å². The molecule has 1 heterocycles. The molecule has 4 nitrogen and oxygen atoms in total. The molecule has 0 fully saturated rings. The van der Waals surface area contributed by atoms with Crippen molar-refractivity contribution in [2.75, 3.05) is 14.1 Å². The number of halogens is 2. The number of nitrogens with zero attached hydrogens (tertiary/aromatic N) is 3. The third kappa shape index (κ3) is 3.85. The lowest BCUT2D eigenvalue weighted by atomic mass is 10.3. The Kier molecular flexibility index (Phi) is 4.82. The summed E-state index contributed by atoms with van der Waals surface area (Å²) in [4.78, 5) is 10.2. The van der Waals surface area contributed by atoms with Gasteiger partial charge in [0.2, 0.25) is 5.88 Å². The Hall–Kier alpha value is -1.78. The number of hydrogen-bond donors (Lipinski definition) is 0. The van der Waals surface area contributed by atoms with Crippen molar-refractivity contribution in [3.63, 3.8) is 0 Å². The van der Waals surface area contributed by atoms with Crippen LogP contribution in [0, 0.1) is 0 Å². The number of para-hydroxylation sites is 1. The fourth-order valence-electron chi connectivity index (χ4n) is 1.38. The predicted molar refractivity (Wildman–Crippen MR) is 82.6 cm³/mol. The van der Waals surface area contributed by atoms with Crippen molar-refractivity contribution in [3.05, 3.63) is 46.6 Å². The van der Waals surface area contributed by atoms with Gasteiger partial charge in [0.05, 0.1) is 28.3 Å². The first-order chi connectivity index (χ1) is 9.56. The topological polar surface area (TPSA) is 37.7 Å². The number of aliphatic imine (C=N–C) groups is 1. The minimum atomic E-state index is 0.396. The molecule has 0 aliphatic carbocycles. The first kappa shape index (κ1) is 14.6. The average molecular weight is 310 g/mol. The van der Waals surface area contributed by atoms with Gasteiger partial charge >= 0.3 is 0 Å². The predicted octanol–water partition coefficient (Wildman–Crippen LogP) is 4.40. The third-order valence-electron chi connectivity index (χ3n) is 2.28. The van der Waals surface area contributed by atoms with Crippen LogP contribution in [0.2, 0.25) is 10.0 Å². The Balaban J connectivity index is 2.15. The first-order valence-electron chi connectivity index (χ1n) is 5.85. The molecule has 0 unspecified atom stereocenters. The van der Waals surface area contributed by atoms with Crippen molar-refractivity contribution in [2.45, 2.75) is 0 Å². The summed E-state index contributed by atoms with van der Waals surface area (Å²) in [5, 5.41) is 0.878. The smallest absolute Gasteiger partial charge is 0.219 e. The summed E-state index contributed by atoms with van der Waals surface area (Å²) in [7, 11) is 3.79. The van der Waals surface area contributed by atoms with Gasteiger partial charge in [-0.25, -0.2) is 9.98 Å². The first-order valence-corrected chi connectivity index (χ1v) is 6.60. The molecule has 0 atom stereocenters. The molecule has 2 rings (SSSR count). The van der Waals surface area contributed by atoms with Gasteiger partial charge in [0.1, 0.15) is 0 Å². The van der Waals surface area contributed by atoms with Crippen LogP contribution in [0.5, 0.6) is 11.6 Å². The van der Waals surface area contributed by atoms with Crippen molar-refractivity contribution in [3.8, 4) is 11.6 Å². The van der Waals surface area contributed by atoms with Gasteiger partial charge in [-0.15, -0.1) is 0 Å². The van der Waals surface area contributed by atoms with Crippen LogP contribution in [0.3, 0.4) is 0 Å². The van der Waals surface area contributed by atoms with Crippen molar-refractivity contribution in [1.82, 2.24) is 9.88 Å². The lowest BCUT2D eigenvalue weighted by molar-refractivity contribution is 0.463. The van der Waals surface area contributed by atoms with Gasteiger partial charge in [0, 0.05) is 20.2 Å². The summed E-state index contributed by atoms with van der Waals surface area (Å²) in [6, 6.07) is 8.68. The van der Waals surface area contributed by atoms with Crippen LogP contribution in [0.4, 0.5) is 5.69 Å². The molecule has 0 aliphatic rings. The fraction of sp³-hybridized carbons (Fsp3) is 0.143. The van der Waals surface area contributed by atoms with E-state index in [1.54, 1.807) is 42.9 Å². The number of pyridine rings is 1. The molecule has 1 aromatic heterocycles. The van der Waals surface area contributed by atoms with E-state index in [2.05, 4.69) is 9.98 Å². The highest BCUT2D eigenvalue weighted by Gasteiger charge is 2.08. The largest absolute Gasteiger partial charge is 0.436 e. The number of aromatic nitrogens is 1. The lowest BCUT2D eigenvalue weighted by Gasteiger charge is -2.08. The molecule has 6 heteroatoms. The van der Waals surface area contributed by atoms with E-state index >= 15 is 0 Å². The van der Waals surface area contributed by atoms with Gasteiger partial charge in [-0.3, -0.25) is 0 Å². The third-order valence-corrected chi connectivity index (χ3v) is 2.88. The molecule has 104 valence electrons. The second kappa shape index (κ2) is 6.59. The van der Waals surface area contributed by atoms with Crippen molar-refractivity contribution >= 4 is 35.2 Å². The monoisotopic (exact) mass is 309 g/mol. The molecule has 0 amide bonds. The molecule has 0 N–H and O–H groups in total. The highest BCUT2D eigenvalue weighted by molar-refractivity contribution is 6.37. The number of benzene rings is 1. The van der Waals surface area contributed by atoms with E-state index in [-0.39, 0.29) is 0 Å². The van der Waals surface area contributed by atoms with E-state index in [0.29, 0.717) is 21.7 Å². The van der Waals surface area contributed by atoms with Crippen molar-refractivity contribution < 1.29 is 4.74 Å². The van der Waals surface area contributed by atoms with Crippen LogP contribution < -0.4 is 4.74 Å². The Morgan fingerprint density at radius 2 is 1.85 bits per heavy atom. The Morgan fingerprint density at radius 1 is 1.15 bits per heavy atom. The number of hydrogen-bond acceptors (Lipinski definition) is 3. The van der Waals surface area contributed by atoms with E-state index in [0.717, 1.165) is 5.69 Å². The van der Waals surface area contributed by atoms with Crippen LogP contribution in [-0.4, -0.2) is 30.3 Å². The maximum Gasteiger partial charge on any atom is 0.219 e. The maximum atomic E-state index is 6.03. The average Bonchev–Trinajstić information content (AvgIpc) is 2.42. The fourth-order valence-corrected chi connectivity index (χ4v) is 1.85. The highest BCUT2D eigenvalue weighted by atomic mass is 35.5.